The van der Waals surface area contributed by atoms with E-state index in [0.29, 0.717) is 6.54 Å². The molecule has 1 saturated carbocycles. The quantitative estimate of drug-likeness (QED) is 0.708. The summed E-state index contributed by atoms with van der Waals surface area (Å²) in [6.07, 6.45) is 7.35. The molecule has 2 unspecified atom stereocenters. The molecule has 1 fully saturated rings. The Labute approximate surface area is 111 Å². The van der Waals surface area contributed by atoms with Crippen LogP contribution in [0.15, 0.2) is 0 Å². The van der Waals surface area contributed by atoms with Gasteiger partial charge >= 0.3 is 0 Å². The lowest BCUT2D eigenvalue weighted by atomic mass is 9.94. The topological polar surface area (TPSA) is 66.6 Å². The SMILES string of the molecule is CCCCN(CCO)C(=O)C1CCCCCC1N. The predicted molar refractivity (Wildman–Crippen MR) is 73.1 cm³/mol. The Morgan fingerprint density at radius 3 is 2.67 bits per heavy atom. The van der Waals surface area contributed by atoms with E-state index < -0.39 is 0 Å². The summed E-state index contributed by atoms with van der Waals surface area (Å²) in [6, 6.07) is 0.00261. The van der Waals surface area contributed by atoms with Gasteiger partial charge in [0.25, 0.3) is 0 Å². The highest BCUT2D eigenvalue weighted by molar-refractivity contribution is 5.79. The van der Waals surface area contributed by atoms with Crippen molar-refractivity contribution in [2.45, 2.75) is 57.9 Å². The number of unbranched alkanes of at least 4 members (excludes halogenated alkanes) is 1. The molecule has 2 atom stereocenters. The number of carbonyl (C=O) groups is 1. The highest BCUT2D eigenvalue weighted by Gasteiger charge is 2.30. The van der Waals surface area contributed by atoms with Gasteiger partial charge in [0.2, 0.25) is 5.91 Å². The second-order valence-corrected chi connectivity index (χ2v) is 5.31. The van der Waals surface area contributed by atoms with Crippen molar-refractivity contribution in [3.63, 3.8) is 0 Å². The van der Waals surface area contributed by atoms with E-state index in [-0.39, 0.29) is 24.5 Å². The maximum absolute atomic E-state index is 12.5. The first-order valence-electron chi connectivity index (χ1n) is 7.36. The van der Waals surface area contributed by atoms with Gasteiger partial charge in [0, 0.05) is 19.1 Å². The van der Waals surface area contributed by atoms with Gasteiger partial charge in [0.15, 0.2) is 0 Å². The average molecular weight is 256 g/mol. The number of carbonyl (C=O) groups excluding carboxylic acids is 1. The number of aliphatic hydroxyl groups excluding tert-OH is 1. The normalized spacial score (nSPS) is 24.6. The van der Waals surface area contributed by atoms with Gasteiger partial charge in [-0.15, -0.1) is 0 Å². The van der Waals surface area contributed by atoms with E-state index in [0.717, 1.165) is 45.1 Å². The molecular weight excluding hydrogens is 228 g/mol. The van der Waals surface area contributed by atoms with E-state index in [1.165, 1.54) is 6.42 Å². The molecule has 3 N–H and O–H groups in total. The van der Waals surface area contributed by atoms with Crippen molar-refractivity contribution in [2.75, 3.05) is 19.7 Å². The zero-order valence-corrected chi connectivity index (χ0v) is 11.6. The zero-order valence-electron chi connectivity index (χ0n) is 11.6. The summed E-state index contributed by atoms with van der Waals surface area (Å²) >= 11 is 0. The zero-order chi connectivity index (χ0) is 13.4. The van der Waals surface area contributed by atoms with Crippen molar-refractivity contribution < 1.29 is 9.90 Å². The summed E-state index contributed by atoms with van der Waals surface area (Å²) in [5.41, 5.74) is 6.13. The molecule has 0 aromatic heterocycles. The van der Waals surface area contributed by atoms with Crippen LogP contribution in [0.3, 0.4) is 0 Å². The van der Waals surface area contributed by atoms with Crippen molar-refractivity contribution in [1.29, 1.82) is 0 Å². The number of hydrogen-bond acceptors (Lipinski definition) is 3. The molecule has 18 heavy (non-hydrogen) atoms. The van der Waals surface area contributed by atoms with Crippen molar-refractivity contribution in [3.05, 3.63) is 0 Å². The Bertz CT molecular complexity index is 246. The molecule has 1 amide bonds. The molecule has 4 heteroatoms. The van der Waals surface area contributed by atoms with Crippen LogP contribution in [0.1, 0.15) is 51.9 Å². The first-order chi connectivity index (χ1) is 8.70. The van der Waals surface area contributed by atoms with Crippen molar-refractivity contribution in [1.82, 2.24) is 4.90 Å². The van der Waals surface area contributed by atoms with Crippen LogP contribution in [0.2, 0.25) is 0 Å². The van der Waals surface area contributed by atoms with Crippen LogP contribution in [0.5, 0.6) is 0 Å². The van der Waals surface area contributed by atoms with Gasteiger partial charge in [-0.1, -0.05) is 32.6 Å². The van der Waals surface area contributed by atoms with Gasteiger partial charge in [-0.05, 0) is 19.3 Å². The number of amides is 1. The molecule has 0 aromatic rings. The highest BCUT2D eigenvalue weighted by atomic mass is 16.3. The third kappa shape index (κ3) is 4.58. The van der Waals surface area contributed by atoms with Gasteiger partial charge in [-0.3, -0.25) is 4.79 Å². The molecule has 0 radical (unpaired) electrons. The number of nitrogens with two attached hydrogens (primary N) is 1. The monoisotopic (exact) mass is 256 g/mol. The molecule has 1 rings (SSSR count). The maximum atomic E-state index is 12.5. The molecule has 1 aliphatic carbocycles. The minimum atomic E-state index is -0.0316. The smallest absolute Gasteiger partial charge is 0.227 e. The second-order valence-electron chi connectivity index (χ2n) is 5.31. The van der Waals surface area contributed by atoms with E-state index >= 15 is 0 Å². The minimum absolute atomic E-state index is 0.00261. The average Bonchev–Trinajstić information content (AvgIpc) is 2.58. The first-order valence-corrected chi connectivity index (χ1v) is 7.36. The molecule has 0 heterocycles. The molecule has 0 aliphatic heterocycles. The summed E-state index contributed by atoms with van der Waals surface area (Å²) in [5.74, 6) is 0.128. The van der Waals surface area contributed by atoms with Crippen LogP contribution < -0.4 is 5.73 Å². The number of rotatable bonds is 6. The summed E-state index contributed by atoms with van der Waals surface area (Å²) in [5, 5.41) is 9.08. The Kier molecular flexibility index (Phi) is 7.28. The van der Waals surface area contributed by atoms with Crippen molar-refractivity contribution >= 4 is 5.91 Å². The van der Waals surface area contributed by atoms with Crippen LogP contribution in [-0.2, 0) is 4.79 Å². The number of hydrogen-bond donors (Lipinski definition) is 2. The molecule has 106 valence electrons. The van der Waals surface area contributed by atoms with Gasteiger partial charge in [0.1, 0.15) is 0 Å². The van der Waals surface area contributed by atoms with Crippen LogP contribution >= 0.6 is 0 Å². The third-order valence-corrected chi connectivity index (χ3v) is 3.85. The lowest BCUT2D eigenvalue weighted by Crippen LogP contribution is -2.45. The van der Waals surface area contributed by atoms with E-state index in [1.807, 2.05) is 0 Å². The maximum Gasteiger partial charge on any atom is 0.227 e. The van der Waals surface area contributed by atoms with Crippen LogP contribution in [0, 0.1) is 5.92 Å². The largest absolute Gasteiger partial charge is 0.395 e. The Hall–Kier alpha value is -0.610. The van der Waals surface area contributed by atoms with Crippen LogP contribution in [0.25, 0.3) is 0 Å². The lowest BCUT2D eigenvalue weighted by Gasteiger charge is -2.29. The fourth-order valence-electron chi connectivity index (χ4n) is 2.68. The molecule has 1 aliphatic rings. The van der Waals surface area contributed by atoms with Crippen molar-refractivity contribution in [3.8, 4) is 0 Å². The fraction of sp³-hybridized carbons (Fsp3) is 0.929. The molecular formula is C14H28N2O2. The van der Waals surface area contributed by atoms with E-state index in [4.69, 9.17) is 10.8 Å². The predicted octanol–water partition coefficient (Wildman–Crippen LogP) is 1.51. The second kappa shape index (κ2) is 8.48. The Morgan fingerprint density at radius 1 is 1.28 bits per heavy atom. The summed E-state index contributed by atoms with van der Waals surface area (Å²) < 4.78 is 0. The van der Waals surface area contributed by atoms with Crippen LogP contribution in [-0.4, -0.2) is 41.7 Å². The fourth-order valence-corrected chi connectivity index (χ4v) is 2.68. The van der Waals surface area contributed by atoms with Crippen molar-refractivity contribution in [2.24, 2.45) is 11.7 Å². The molecule has 4 nitrogen and oxygen atoms in total. The lowest BCUT2D eigenvalue weighted by molar-refractivity contribution is -0.137. The number of nitrogens with zero attached hydrogens (tertiary/aromatic N) is 1. The number of aliphatic hydroxyl groups is 1. The minimum Gasteiger partial charge on any atom is -0.395 e. The van der Waals surface area contributed by atoms with E-state index in [2.05, 4.69) is 6.92 Å². The molecule has 0 bridgehead atoms. The highest BCUT2D eigenvalue weighted by Crippen LogP contribution is 2.24. The van der Waals surface area contributed by atoms with Gasteiger partial charge in [-0.2, -0.15) is 0 Å². The molecule has 0 spiro atoms. The third-order valence-electron chi connectivity index (χ3n) is 3.85. The molecule has 0 saturated heterocycles. The van der Waals surface area contributed by atoms with Gasteiger partial charge in [-0.25, -0.2) is 0 Å². The van der Waals surface area contributed by atoms with E-state index in [1.54, 1.807) is 4.90 Å². The van der Waals surface area contributed by atoms with Crippen LogP contribution in [0.4, 0.5) is 0 Å². The van der Waals surface area contributed by atoms with E-state index in [9.17, 15) is 4.79 Å². The first kappa shape index (κ1) is 15.4. The molecule has 0 aromatic carbocycles. The Balaban J connectivity index is 2.60. The Morgan fingerprint density at radius 2 is 2.00 bits per heavy atom. The van der Waals surface area contributed by atoms with Gasteiger partial charge in [0.05, 0.1) is 12.5 Å². The summed E-state index contributed by atoms with van der Waals surface area (Å²) in [6.45, 7) is 3.34. The standard InChI is InChI=1S/C14H28N2O2/c1-2-3-9-16(10-11-17)14(18)12-7-5-4-6-8-13(12)15/h12-13,17H,2-11,15H2,1H3. The summed E-state index contributed by atoms with van der Waals surface area (Å²) in [4.78, 5) is 14.3. The van der Waals surface area contributed by atoms with Gasteiger partial charge < -0.3 is 15.7 Å². The summed E-state index contributed by atoms with van der Waals surface area (Å²) in [7, 11) is 0.